The number of pyridine rings is 1. The van der Waals surface area contributed by atoms with Gasteiger partial charge in [0.2, 0.25) is 0 Å². The van der Waals surface area contributed by atoms with Crippen molar-refractivity contribution in [2.45, 2.75) is 6.92 Å². The third-order valence-electron chi connectivity index (χ3n) is 0.607. The maximum atomic E-state index is 8.89. The summed E-state index contributed by atoms with van der Waals surface area (Å²) in [6.07, 6.45) is 3.75. The first-order valence-corrected chi connectivity index (χ1v) is 2.82. The smallest absolute Gasteiger partial charge is 0.870 e. The first kappa shape index (κ1) is 18.1. The number of hydrogen-bond donors (Lipinski definition) is 0. The van der Waals surface area contributed by atoms with Crippen molar-refractivity contribution in [1.82, 2.24) is 0 Å². The molecular formula is C7H10KNO3. The van der Waals surface area contributed by atoms with Crippen LogP contribution in [-0.4, -0.2) is 11.4 Å². The van der Waals surface area contributed by atoms with E-state index in [4.69, 9.17) is 9.90 Å². The SMILES string of the molecule is CC(=O)[O-].[K+].[OH-].c1cc[nH+]cc1. The van der Waals surface area contributed by atoms with Gasteiger partial charge in [0, 0.05) is 18.1 Å². The molecule has 2 N–H and O–H groups in total. The van der Waals surface area contributed by atoms with E-state index < -0.39 is 5.97 Å². The molecule has 0 saturated carbocycles. The molecule has 0 aliphatic heterocycles. The number of carbonyl (C=O) groups excluding carboxylic acids is 1. The van der Waals surface area contributed by atoms with Crippen molar-refractivity contribution < 1.29 is 71.7 Å². The molecule has 0 radical (unpaired) electrons. The van der Waals surface area contributed by atoms with E-state index in [1.807, 2.05) is 30.6 Å². The Morgan fingerprint density at radius 1 is 1.25 bits per heavy atom. The number of H-pyrrole nitrogens is 1. The predicted octanol–water partition coefficient (Wildman–Crippen LogP) is -3.92. The topological polar surface area (TPSA) is 84.3 Å². The summed E-state index contributed by atoms with van der Waals surface area (Å²) in [7, 11) is 0. The fourth-order valence-corrected chi connectivity index (χ4v) is 0.342. The molecule has 0 amide bonds. The molecule has 1 rings (SSSR count). The molecule has 0 unspecified atom stereocenters. The van der Waals surface area contributed by atoms with Gasteiger partial charge in [0.1, 0.15) is 0 Å². The molecule has 0 aliphatic rings. The van der Waals surface area contributed by atoms with Gasteiger partial charge in [-0.3, -0.25) is 0 Å². The van der Waals surface area contributed by atoms with Crippen LogP contribution in [0.2, 0.25) is 0 Å². The molecule has 62 valence electrons. The van der Waals surface area contributed by atoms with Gasteiger partial charge in [-0.2, -0.15) is 0 Å². The standard InChI is InChI=1S/C5H5N.C2H4O2.K.H2O/c1-2-4-6-5-3-1;1-2(3)4;;/h1-5H;1H3,(H,3,4);;1H2/q;;+1;/p-1. The molecule has 12 heavy (non-hydrogen) atoms. The van der Waals surface area contributed by atoms with Crippen molar-refractivity contribution in [3.63, 3.8) is 0 Å². The maximum absolute atomic E-state index is 8.89. The number of aromatic amines is 1. The fourth-order valence-electron chi connectivity index (χ4n) is 0.342. The van der Waals surface area contributed by atoms with Gasteiger partial charge in [-0.05, 0) is 6.92 Å². The molecule has 0 atom stereocenters. The van der Waals surface area contributed by atoms with E-state index in [9.17, 15) is 0 Å². The van der Waals surface area contributed by atoms with E-state index in [1.165, 1.54) is 0 Å². The van der Waals surface area contributed by atoms with E-state index in [2.05, 4.69) is 4.98 Å². The van der Waals surface area contributed by atoms with Crippen molar-refractivity contribution >= 4 is 5.97 Å². The Bertz CT molecular complexity index is 151. The van der Waals surface area contributed by atoms with Crippen LogP contribution >= 0.6 is 0 Å². The number of aliphatic carboxylic acids is 1. The molecule has 0 saturated heterocycles. The number of carbonyl (C=O) groups is 1. The van der Waals surface area contributed by atoms with Crippen LogP contribution in [0.5, 0.6) is 0 Å². The number of nitrogens with one attached hydrogen (secondary N) is 1. The second-order valence-electron chi connectivity index (χ2n) is 1.57. The molecule has 0 aromatic carbocycles. The van der Waals surface area contributed by atoms with Crippen LogP contribution in [0.15, 0.2) is 30.6 Å². The van der Waals surface area contributed by atoms with Gasteiger partial charge < -0.3 is 15.4 Å². The third kappa shape index (κ3) is 22.5. The first-order chi connectivity index (χ1) is 4.73. The largest absolute Gasteiger partial charge is 1.00 e. The Kier molecular flexibility index (Phi) is 20.8. The summed E-state index contributed by atoms with van der Waals surface area (Å²) in [6, 6.07) is 5.86. The Balaban J connectivity index is -0.000000124. The average Bonchev–Trinajstić information content (AvgIpc) is 1.90. The van der Waals surface area contributed by atoms with Gasteiger partial charge in [-0.15, -0.1) is 0 Å². The van der Waals surface area contributed by atoms with E-state index in [-0.39, 0.29) is 56.9 Å². The third-order valence-corrected chi connectivity index (χ3v) is 0.607. The summed E-state index contributed by atoms with van der Waals surface area (Å²) in [5.74, 6) is -1.08. The van der Waals surface area contributed by atoms with Crippen LogP contribution < -0.4 is 61.5 Å². The summed E-state index contributed by atoms with van der Waals surface area (Å²) < 4.78 is 0. The maximum Gasteiger partial charge on any atom is 1.00 e. The van der Waals surface area contributed by atoms with E-state index >= 15 is 0 Å². The quantitative estimate of drug-likeness (QED) is 0.396. The molecule has 0 bridgehead atoms. The summed E-state index contributed by atoms with van der Waals surface area (Å²) in [5, 5.41) is 8.89. The van der Waals surface area contributed by atoms with Crippen LogP contribution in [0.4, 0.5) is 0 Å². The van der Waals surface area contributed by atoms with Gasteiger partial charge in [-0.25, -0.2) is 4.98 Å². The summed E-state index contributed by atoms with van der Waals surface area (Å²) in [6.45, 7) is 0.972. The normalized spacial score (nSPS) is 6.08. The zero-order valence-corrected chi connectivity index (χ0v) is 10.3. The molecule has 1 aromatic heterocycles. The first-order valence-electron chi connectivity index (χ1n) is 2.82. The van der Waals surface area contributed by atoms with Crippen molar-refractivity contribution in [3.8, 4) is 0 Å². The number of hydrogen-bond acceptors (Lipinski definition) is 3. The van der Waals surface area contributed by atoms with Gasteiger partial charge >= 0.3 is 51.4 Å². The summed E-state index contributed by atoms with van der Waals surface area (Å²) in [5.41, 5.74) is 0. The molecule has 1 heterocycles. The Hall–Kier alpha value is 0.216. The molecule has 5 heteroatoms. The number of carboxylic acids is 1. The van der Waals surface area contributed by atoms with Gasteiger partial charge in [0.05, 0.1) is 0 Å². The van der Waals surface area contributed by atoms with Crippen LogP contribution in [0.3, 0.4) is 0 Å². The predicted molar refractivity (Wildman–Crippen MR) is 35.6 cm³/mol. The molecule has 0 fully saturated rings. The van der Waals surface area contributed by atoms with Gasteiger partial charge in [0.25, 0.3) is 0 Å². The van der Waals surface area contributed by atoms with Crippen LogP contribution in [0, 0.1) is 0 Å². The van der Waals surface area contributed by atoms with Crippen LogP contribution in [-0.2, 0) is 4.79 Å². The van der Waals surface area contributed by atoms with Gasteiger partial charge in [0.15, 0.2) is 12.4 Å². The van der Waals surface area contributed by atoms with Crippen LogP contribution in [0.1, 0.15) is 6.92 Å². The van der Waals surface area contributed by atoms with Crippen molar-refractivity contribution in [2.24, 2.45) is 0 Å². The molecule has 4 nitrogen and oxygen atoms in total. The minimum Gasteiger partial charge on any atom is -0.870 e. The Labute approximate surface area is 114 Å². The Morgan fingerprint density at radius 3 is 1.67 bits per heavy atom. The minimum absolute atomic E-state index is 0. The van der Waals surface area contributed by atoms with E-state index in [1.54, 1.807) is 0 Å². The zero-order chi connectivity index (χ0) is 7.82. The Morgan fingerprint density at radius 2 is 1.58 bits per heavy atom. The molecular weight excluding hydrogens is 185 g/mol. The van der Waals surface area contributed by atoms with E-state index in [0.29, 0.717) is 0 Å². The number of carboxylic acid groups (broad SMARTS) is 1. The fraction of sp³-hybridized carbons (Fsp3) is 0.143. The monoisotopic (exact) mass is 195 g/mol. The number of rotatable bonds is 0. The van der Waals surface area contributed by atoms with Crippen LogP contribution in [0.25, 0.3) is 0 Å². The van der Waals surface area contributed by atoms with Crippen molar-refractivity contribution in [2.75, 3.05) is 0 Å². The summed E-state index contributed by atoms with van der Waals surface area (Å²) in [4.78, 5) is 11.8. The average molecular weight is 195 g/mol. The number of aromatic nitrogens is 1. The van der Waals surface area contributed by atoms with Crippen molar-refractivity contribution in [3.05, 3.63) is 30.6 Å². The van der Waals surface area contributed by atoms with Gasteiger partial charge in [-0.1, -0.05) is 6.07 Å². The second-order valence-corrected chi connectivity index (χ2v) is 1.57. The summed E-state index contributed by atoms with van der Waals surface area (Å²) >= 11 is 0. The zero-order valence-electron chi connectivity index (χ0n) is 7.15. The molecule has 1 aromatic rings. The molecule has 0 spiro atoms. The minimum atomic E-state index is -1.08. The molecule has 0 aliphatic carbocycles. The second kappa shape index (κ2) is 13.8. The van der Waals surface area contributed by atoms with E-state index in [0.717, 1.165) is 6.92 Å². The van der Waals surface area contributed by atoms with Crippen molar-refractivity contribution in [1.29, 1.82) is 0 Å².